The number of amides is 1. The molecule has 0 unspecified atom stereocenters. The van der Waals surface area contributed by atoms with Gasteiger partial charge in [-0.3, -0.25) is 14.9 Å². The Kier molecular flexibility index (Phi) is 4.86. The summed E-state index contributed by atoms with van der Waals surface area (Å²) in [4.78, 5) is 24.8. The molecule has 0 bridgehead atoms. The van der Waals surface area contributed by atoms with E-state index in [0.29, 0.717) is 17.8 Å². The highest BCUT2D eigenvalue weighted by Gasteiger charge is 2.61. The van der Waals surface area contributed by atoms with Crippen molar-refractivity contribution < 1.29 is 14.8 Å². The maximum absolute atomic E-state index is 12.3. The summed E-state index contributed by atoms with van der Waals surface area (Å²) in [5.74, 6) is 1.56. The summed E-state index contributed by atoms with van der Waals surface area (Å²) in [6, 6.07) is 6.82. The molecule has 0 radical (unpaired) electrons. The van der Waals surface area contributed by atoms with Crippen molar-refractivity contribution in [3.63, 3.8) is 0 Å². The molecule has 4 aliphatic rings. The van der Waals surface area contributed by atoms with Crippen LogP contribution in [-0.4, -0.2) is 40.0 Å². The van der Waals surface area contributed by atoms with Crippen molar-refractivity contribution >= 4 is 17.7 Å². The Bertz CT molecular complexity index is 1020. The maximum Gasteiger partial charge on any atom is 0.269 e. The van der Waals surface area contributed by atoms with Crippen molar-refractivity contribution in [2.75, 3.05) is 7.05 Å². The van der Waals surface area contributed by atoms with E-state index in [1.807, 2.05) is 18.0 Å². The van der Waals surface area contributed by atoms with Gasteiger partial charge in [-0.15, -0.1) is 0 Å². The summed E-state index contributed by atoms with van der Waals surface area (Å²) in [5, 5.41) is 22.3. The van der Waals surface area contributed by atoms with E-state index in [9.17, 15) is 20.0 Å². The zero-order valence-corrected chi connectivity index (χ0v) is 19.0. The van der Waals surface area contributed by atoms with Gasteiger partial charge in [0, 0.05) is 36.1 Å². The molecule has 1 aliphatic heterocycles. The molecule has 5 rings (SSSR count). The molecule has 1 aromatic rings. The van der Waals surface area contributed by atoms with Gasteiger partial charge < -0.3 is 10.0 Å². The van der Waals surface area contributed by atoms with Crippen LogP contribution in [0.1, 0.15) is 51.5 Å². The van der Waals surface area contributed by atoms with Gasteiger partial charge in [-0.1, -0.05) is 26.0 Å². The number of nitro groups is 1. The van der Waals surface area contributed by atoms with Crippen molar-refractivity contribution in [2.24, 2.45) is 28.6 Å². The number of hydrogen-bond acceptors (Lipinski definition) is 4. The quantitative estimate of drug-likeness (QED) is 0.543. The number of nitrogens with zero attached hydrogens (tertiary/aromatic N) is 2. The summed E-state index contributed by atoms with van der Waals surface area (Å²) in [7, 11) is 1.94. The van der Waals surface area contributed by atoms with Gasteiger partial charge in [0.15, 0.2) is 0 Å². The number of aliphatic hydroxyl groups excluding tert-OH is 1. The van der Waals surface area contributed by atoms with Gasteiger partial charge in [-0.05, 0) is 79.2 Å². The fourth-order valence-electron chi connectivity index (χ4n) is 7.64. The van der Waals surface area contributed by atoms with E-state index in [1.165, 1.54) is 12.1 Å². The molecule has 1 amide bonds. The fraction of sp³-hybridized carbons (Fsp3) is 0.577. The largest absolute Gasteiger partial charge is 0.388 e. The second-order valence-electron chi connectivity index (χ2n) is 10.8. The molecule has 6 heteroatoms. The monoisotopic (exact) mass is 436 g/mol. The standard InChI is InChI=1S/C26H32N2O4/c1-25-13-11-23(29)27(3)22(25)9-8-19-20(25)10-12-26(2)21(19)15-17(24(26)30)14-16-4-6-18(7-5-16)28(31)32/h4-7,11,13-14,19-22,24,30H,8-10,12,15H2,1-3H3/b17-14+/t19-,20+,21+,22-,24+,25-,26+/m1/s1. The molecular weight excluding hydrogens is 404 g/mol. The minimum atomic E-state index is -0.486. The second kappa shape index (κ2) is 7.27. The van der Waals surface area contributed by atoms with Gasteiger partial charge in [0.25, 0.3) is 5.69 Å². The Morgan fingerprint density at radius 3 is 2.56 bits per heavy atom. The predicted molar refractivity (Wildman–Crippen MR) is 123 cm³/mol. The van der Waals surface area contributed by atoms with Gasteiger partial charge in [-0.25, -0.2) is 0 Å². The molecule has 0 saturated heterocycles. The molecule has 3 fully saturated rings. The molecule has 7 atom stereocenters. The summed E-state index contributed by atoms with van der Waals surface area (Å²) >= 11 is 0. The summed E-state index contributed by atoms with van der Waals surface area (Å²) in [5.41, 5.74) is 1.87. The fourth-order valence-corrected chi connectivity index (χ4v) is 7.64. The minimum Gasteiger partial charge on any atom is -0.388 e. The average molecular weight is 437 g/mol. The lowest BCUT2D eigenvalue weighted by molar-refractivity contribution is -0.384. The topological polar surface area (TPSA) is 83.7 Å². The second-order valence-corrected chi connectivity index (χ2v) is 10.8. The lowest BCUT2D eigenvalue weighted by atomic mass is 9.48. The molecule has 6 nitrogen and oxygen atoms in total. The SMILES string of the molecule is CN1C(=O)C=C[C@]2(C)[C@H]3CC[C@]4(C)[C@@H](O)/C(=C/c5ccc([N+](=O)[O-])cc5)C[C@H]4[C@@H]3CC[C@@H]12. The molecule has 3 aliphatic carbocycles. The zero-order valence-electron chi connectivity index (χ0n) is 19.0. The van der Waals surface area contributed by atoms with Gasteiger partial charge in [0.1, 0.15) is 0 Å². The number of carbonyl (C=O) groups is 1. The maximum atomic E-state index is 12.3. The number of hydrogen-bond donors (Lipinski definition) is 1. The van der Waals surface area contributed by atoms with Crippen LogP contribution in [0.4, 0.5) is 5.69 Å². The van der Waals surface area contributed by atoms with Crippen LogP contribution < -0.4 is 0 Å². The van der Waals surface area contributed by atoms with Crippen molar-refractivity contribution in [2.45, 2.75) is 58.1 Å². The Morgan fingerprint density at radius 2 is 1.88 bits per heavy atom. The third kappa shape index (κ3) is 2.99. The number of aliphatic hydroxyl groups is 1. The Labute approximate surface area is 189 Å². The minimum absolute atomic E-state index is 0.0112. The molecule has 1 heterocycles. The van der Waals surface area contributed by atoms with Gasteiger partial charge in [0.05, 0.1) is 11.0 Å². The molecule has 170 valence electrons. The van der Waals surface area contributed by atoms with Gasteiger partial charge in [-0.2, -0.15) is 0 Å². The van der Waals surface area contributed by atoms with Crippen LogP contribution in [0.2, 0.25) is 0 Å². The average Bonchev–Trinajstić information content (AvgIpc) is 3.02. The van der Waals surface area contributed by atoms with Crippen LogP contribution in [0.15, 0.2) is 42.0 Å². The number of nitro benzene ring substituents is 1. The highest BCUT2D eigenvalue weighted by molar-refractivity contribution is 5.89. The Morgan fingerprint density at radius 1 is 1.16 bits per heavy atom. The lowest BCUT2D eigenvalue weighted by Crippen LogP contribution is -2.59. The van der Waals surface area contributed by atoms with Crippen molar-refractivity contribution in [3.8, 4) is 0 Å². The molecule has 1 N–H and O–H groups in total. The molecule has 0 spiro atoms. The van der Waals surface area contributed by atoms with Crippen molar-refractivity contribution in [1.82, 2.24) is 4.90 Å². The first kappa shape index (κ1) is 21.4. The number of likely N-dealkylation sites (N-methyl/N-ethyl adjacent to an activating group) is 1. The summed E-state index contributed by atoms with van der Waals surface area (Å²) in [6.07, 6.45) is 10.5. The van der Waals surface area contributed by atoms with Crippen LogP contribution in [0, 0.1) is 38.7 Å². The van der Waals surface area contributed by atoms with E-state index in [-0.39, 0.29) is 28.5 Å². The smallest absolute Gasteiger partial charge is 0.269 e. The molecular formula is C26H32N2O4. The number of non-ortho nitro benzene ring substituents is 1. The van der Waals surface area contributed by atoms with Crippen LogP contribution in [0.3, 0.4) is 0 Å². The van der Waals surface area contributed by atoms with Crippen molar-refractivity contribution in [1.29, 1.82) is 0 Å². The molecule has 32 heavy (non-hydrogen) atoms. The number of fused-ring (bicyclic) bond motifs is 5. The van der Waals surface area contributed by atoms with E-state index in [2.05, 4.69) is 19.9 Å². The predicted octanol–water partition coefficient (Wildman–Crippen LogP) is 4.59. The van der Waals surface area contributed by atoms with Crippen LogP contribution in [-0.2, 0) is 4.79 Å². The molecule has 1 aromatic carbocycles. The first-order valence-electron chi connectivity index (χ1n) is 11.7. The van der Waals surface area contributed by atoms with Crippen LogP contribution >= 0.6 is 0 Å². The van der Waals surface area contributed by atoms with E-state index >= 15 is 0 Å². The Hall–Kier alpha value is -2.47. The van der Waals surface area contributed by atoms with Gasteiger partial charge >= 0.3 is 0 Å². The van der Waals surface area contributed by atoms with Crippen LogP contribution in [0.5, 0.6) is 0 Å². The number of benzene rings is 1. The lowest BCUT2D eigenvalue weighted by Gasteiger charge is -2.59. The van der Waals surface area contributed by atoms with E-state index in [4.69, 9.17) is 0 Å². The van der Waals surface area contributed by atoms with Gasteiger partial charge in [0.2, 0.25) is 5.91 Å². The van der Waals surface area contributed by atoms with Crippen molar-refractivity contribution in [3.05, 3.63) is 57.7 Å². The molecule has 0 aromatic heterocycles. The summed E-state index contributed by atoms with van der Waals surface area (Å²) in [6.45, 7) is 4.58. The normalized spacial score (nSPS) is 41.9. The Balaban J connectivity index is 1.44. The van der Waals surface area contributed by atoms with Crippen LogP contribution in [0.25, 0.3) is 6.08 Å². The third-order valence-electron chi connectivity index (χ3n) is 9.45. The number of rotatable bonds is 2. The summed E-state index contributed by atoms with van der Waals surface area (Å²) < 4.78 is 0. The first-order valence-corrected chi connectivity index (χ1v) is 11.7. The number of carbonyl (C=O) groups excluding carboxylic acids is 1. The zero-order chi connectivity index (χ0) is 22.8. The molecule has 3 saturated carbocycles. The first-order chi connectivity index (χ1) is 15.1. The van der Waals surface area contributed by atoms with E-state index < -0.39 is 11.0 Å². The van der Waals surface area contributed by atoms with E-state index in [0.717, 1.165) is 43.2 Å². The highest BCUT2D eigenvalue weighted by atomic mass is 16.6. The van der Waals surface area contributed by atoms with E-state index in [1.54, 1.807) is 18.2 Å². The highest BCUT2D eigenvalue weighted by Crippen LogP contribution is 2.65. The third-order valence-corrected chi connectivity index (χ3v) is 9.45.